The number of carbonyl (C=O) groups is 3. The number of nitrogens with zero attached hydrogens (tertiary/aromatic N) is 2. The monoisotopic (exact) mass is 445 g/mol. The van der Waals surface area contributed by atoms with Crippen LogP contribution < -0.4 is 10.1 Å². The largest absolute Gasteiger partial charge is 0.495 e. The number of hydrogen-bond donors (Lipinski definition) is 1. The highest BCUT2D eigenvalue weighted by Gasteiger charge is 2.42. The highest BCUT2D eigenvalue weighted by Crippen LogP contribution is 2.31. The molecule has 1 N–H and O–H groups in total. The van der Waals surface area contributed by atoms with Crippen molar-refractivity contribution in [1.29, 1.82) is 0 Å². The van der Waals surface area contributed by atoms with Crippen LogP contribution in [0.3, 0.4) is 0 Å². The molecule has 166 valence electrons. The van der Waals surface area contributed by atoms with Gasteiger partial charge in [-0.25, -0.2) is 0 Å². The van der Waals surface area contributed by atoms with Gasteiger partial charge in [-0.15, -0.1) is 0 Å². The Balaban J connectivity index is 1.71. The van der Waals surface area contributed by atoms with Crippen molar-refractivity contribution in [3.05, 3.63) is 99.6 Å². The maximum Gasteiger partial charge on any atom is 0.271 e. The number of imide groups is 1. The van der Waals surface area contributed by atoms with Crippen LogP contribution in [0.2, 0.25) is 0 Å². The van der Waals surface area contributed by atoms with Crippen LogP contribution in [-0.4, -0.2) is 40.7 Å². The first-order valence-corrected chi connectivity index (χ1v) is 10.0. The zero-order valence-electron chi connectivity index (χ0n) is 17.6. The van der Waals surface area contributed by atoms with E-state index in [4.69, 9.17) is 4.74 Å². The summed E-state index contributed by atoms with van der Waals surface area (Å²) in [6.45, 7) is 0. The third kappa shape index (κ3) is 4.16. The maximum absolute atomic E-state index is 13.4. The molecule has 1 aliphatic heterocycles. The molecule has 0 saturated carbocycles. The van der Waals surface area contributed by atoms with E-state index in [2.05, 4.69) is 5.32 Å². The molecule has 9 heteroatoms. The van der Waals surface area contributed by atoms with Crippen LogP contribution in [0.1, 0.15) is 26.3 Å². The van der Waals surface area contributed by atoms with Crippen LogP contribution in [0.25, 0.3) is 0 Å². The number of hydrogen-bond acceptors (Lipinski definition) is 6. The zero-order valence-corrected chi connectivity index (χ0v) is 17.6. The normalized spacial score (nSPS) is 13.4. The predicted octanol–water partition coefficient (Wildman–Crippen LogP) is 3.45. The Morgan fingerprint density at radius 2 is 1.61 bits per heavy atom. The Hall–Kier alpha value is -4.53. The SMILES string of the molecule is COc1ccc([N+](=O)[O-])cc1NC(=O)[C@H](Cc1ccccc1)N1C(=O)c2ccccc2C1=O. The highest BCUT2D eigenvalue weighted by molar-refractivity contribution is 6.23. The van der Waals surface area contributed by atoms with E-state index >= 15 is 0 Å². The molecule has 33 heavy (non-hydrogen) atoms. The molecule has 0 saturated heterocycles. The summed E-state index contributed by atoms with van der Waals surface area (Å²) in [7, 11) is 1.36. The molecule has 0 aromatic heterocycles. The van der Waals surface area contributed by atoms with E-state index < -0.39 is 28.7 Å². The molecule has 0 aliphatic carbocycles. The first-order valence-electron chi connectivity index (χ1n) is 10.0. The molecular weight excluding hydrogens is 426 g/mol. The quantitative estimate of drug-likeness (QED) is 0.338. The fourth-order valence-corrected chi connectivity index (χ4v) is 3.75. The van der Waals surface area contributed by atoms with Gasteiger partial charge in [0.1, 0.15) is 11.8 Å². The minimum atomic E-state index is -1.19. The van der Waals surface area contributed by atoms with Gasteiger partial charge in [0.15, 0.2) is 0 Å². The average molecular weight is 445 g/mol. The molecule has 0 spiro atoms. The van der Waals surface area contributed by atoms with Crippen LogP contribution in [-0.2, 0) is 11.2 Å². The average Bonchev–Trinajstić information content (AvgIpc) is 3.08. The van der Waals surface area contributed by atoms with Crippen molar-refractivity contribution in [1.82, 2.24) is 4.90 Å². The fraction of sp³-hybridized carbons (Fsp3) is 0.125. The van der Waals surface area contributed by atoms with Gasteiger partial charge in [-0.3, -0.25) is 29.4 Å². The van der Waals surface area contributed by atoms with Crippen LogP contribution in [0, 0.1) is 10.1 Å². The van der Waals surface area contributed by atoms with Crippen LogP contribution in [0.15, 0.2) is 72.8 Å². The van der Waals surface area contributed by atoms with E-state index in [1.165, 1.54) is 37.4 Å². The van der Waals surface area contributed by atoms with Crippen molar-refractivity contribution in [3.63, 3.8) is 0 Å². The van der Waals surface area contributed by atoms with Gasteiger partial charge < -0.3 is 10.1 Å². The Morgan fingerprint density at radius 3 is 2.18 bits per heavy atom. The van der Waals surface area contributed by atoms with Crippen molar-refractivity contribution in [3.8, 4) is 5.75 Å². The van der Waals surface area contributed by atoms with Gasteiger partial charge in [0, 0.05) is 18.6 Å². The summed E-state index contributed by atoms with van der Waals surface area (Å²) in [5.74, 6) is -1.61. The second-order valence-corrected chi connectivity index (χ2v) is 7.36. The van der Waals surface area contributed by atoms with Crippen LogP contribution in [0.5, 0.6) is 5.75 Å². The molecule has 0 unspecified atom stereocenters. The van der Waals surface area contributed by atoms with Gasteiger partial charge >= 0.3 is 0 Å². The minimum Gasteiger partial charge on any atom is -0.495 e. The smallest absolute Gasteiger partial charge is 0.271 e. The van der Waals surface area contributed by atoms with E-state index in [0.717, 1.165) is 10.5 Å². The summed E-state index contributed by atoms with van der Waals surface area (Å²) in [6, 6.07) is 17.9. The topological polar surface area (TPSA) is 119 Å². The van der Waals surface area contributed by atoms with Crippen LogP contribution in [0.4, 0.5) is 11.4 Å². The molecule has 4 rings (SSSR count). The summed E-state index contributed by atoms with van der Waals surface area (Å²) < 4.78 is 5.21. The van der Waals surface area contributed by atoms with E-state index in [-0.39, 0.29) is 34.7 Å². The molecular formula is C24H19N3O6. The van der Waals surface area contributed by atoms with Crippen molar-refractivity contribution in [2.45, 2.75) is 12.5 Å². The first kappa shape index (κ1) is 21.7. The Bertz CT molecular complexity index is 1220. The number of nitro benzene ring substituents is 1. The molecule has 1 atom stereocenters. The van der Waals surface area contributed by atoms with Gasteiger partial charge in [0.25, 0.3) is 17.5 Å². The number of nitro groups is 1. The lowest BCUT2D eigenvalue weighted by Gasteiger charge is -2.26. The van der Waals surface area contributed by atoms with E-state index in [9.17, 15) is 24.5 Å². The second-order valence-electron chi connectivity index (χ2n) is 7.36. The summed E-state index contributed by atoms with van der Waals surface area (Å²) in [5.41, 5.74) is 1.00. The van der Waals surface area contributed by atoms with Gasteiger partial charge in [-0.05, 0) is 23.8 Å². The summed E-state index contributed by atoms with van der Waals surface area (Å²) in [5, 5.41) is 13.8. The standard InChI is InChI=1S/C24H19N3O6/c1-33-21-12-11-16(27(31)32)14-19(21)25-22(28)20(13-15-7-3-2-4-8-15)26-23(29)17-9-5-6-10-18(17)24(26)30/h2-12,14,20H,13H2,1H3,(H,25,28)/t20-/m0/s1. The van der Waals surface area contributed by atoms with Crippen LogP contribution >= 0.6 is 0 Å². The number of fused-ring (bicyclic) bond motifs is 1. The summed E-state index contributed by atoms with van der Waals surface area (Å²) >= 11 is 0. The molecule has 0 fully saturated rings. The number of non-ortho nitro benzene ring substituents is 1. The van der Waals surface area contributed by atoms with Gasteiger partial charge in [0.2, 0.25) is 5.91 Å². The fourth-order valence-electron chi connectivity index (χ4n) is 3.75. The van der Waals surface area contributed by atoms with Crippen molar-refractivity contribution < 1.29 is 24.0 Å². The predicted molar refractivity (Wildman–Crippen MR) is 119 cm³/mol. The highest BCUT2D eigenvalue weighted by atomic mass is 16.6. The lowest BCUT2D eigenvalue weighted by Crippen LogP contribution is -2.48. The lowest BCUT2D eigenvalue weighted by atomic mass is 10.0. The molecule has 1 heterocycles. The molecule has 3 aromatic carbocycles. The number of anilines is 1. The van der Waals surface area contributed by atoms with Gasteiger partial charge in [0.05, 0.1) is 28.8 Å². The Labute approximate surface area is 188 Å². The van der Waals surface area contributed by atoms with E-state index in [0.29, 0.717) is 0 Å². The minimum absolute atomic E-state index is 0.0615. The number of methoxy groups -OCH3 is 1. The molecule has 9 nitrogen and oxygen atoms in total. The number of benzene rings is 3. The Kier molecular flexibility index (Phi) is 5.86. The van der Waals surface area contributed by atoms with Gasteiger partial charge in [-0.1, -0.05) is 42.5 Å². The number of nitrogens with one attached hydrogen (secondary N) is 1. The number of carbonyl (C=O) groups excluding carboxylic acids is 3. The third-order valence-corrected chi connectivity index (χ3v) is 5.36. The van der Waals surface area contributed by atoms with Crippen molar-refractivity contribution in [2.24, 2.45) is 0 Å². The van der Waals surface area contributed by atoms with Gasteiger partial charge in [-0.2, -0.15) is 0 Å². The number of ether oxygens (including phenoxy) is 1. The number of amides is 3. The summed E-state index contributed by atoms with van der Waals surface area (Å²) in [6.07, 6.45) is 0.0649. The molecule has 3 aromatic rings. The third-order valence-electron chi connectivity index (χ3n) is 5.36. The van der Waals surface area contributed by atoms with E-state index in [1.54, 1.807) is 36.4 Å². The zero-order chi connectivity index (χ0) is 23.5. The first-order chi connectivity index (χ1) is 15.9. The molecule has 0 radical (unpaired) electrons. The molecule has 0 bridgehead atoms. The summed E-state index contributed by atoms with van der Waals surface area (Å²) in [4.78, 5) is 51.1. The molecule has 3 amide bonds. The van der Waals surface area contributed by atoms with E-state index in [1.807, 2.05) is 6.07 Å². The molecule has 1 aliphatic rings. The van der Waals surface area contributed by atoms with Crippen molar-refractivity contribution in [2.75, 3.05) is 12.4 Å². The second kappa shape index (κ2) is 8.91. The van der Waals surface area contributed by atoms with Crippen molar-refractivity contribution >= 4 is 29.1 Å². The lowest BCUT2D eigenvalue weighted by molar-refractivity contribution is -0.384. The Morgan fingerprint density at radius 1 is 1.00 bits per heavy atom. The maximum atomic E-state index is 13.4. The number of rotatable bonds is 7.